The lowest BCUT2D eigenvalue weighted by molar-refractivity contribution is -0.135. The van der Waals surface area contributed by atoms with Crippen molar-refractivity contribution in [2.24, 2.45) is 11.7 Å². The molecule has 3 fully saturated rings. The van der Waals surface area contributed by atoms with Gasteiger partial charge in [-0.3, -0.25) is 14.5 Å². The van der Waals surface area contributed by atoms with Crippen molar-refractivity contribution in [2.45, 2.75) is 76.4 Å². The third-order valence-electron chi connectivity index (χ3n) is 6.45. The second kappa shape index (κ2) is 11.4. The van der Waals surface area contributed by atoms with Crippen molar-refractivity contribution in [3.05, 3.63) is 0 Å². The number of carbonyl (C=O) groups is 2. The van der Waals surface area contributed by atoms with Crippen LogP contribution >= 0.6 is 24.8 Å². The molecule has 158 valence electrons. The Morgan fingerprint density at radius 2 is 1.63 bits per heavy atom. The second-order valence-electron chi connectivity index (χ2n) is 8.14. The van der Waals surface area contributed by atoms with Crippen LogP contribution in [-0.2, 0) is 9.59 Å². The number of nitrogens with zero attached hydrogens (tertiary/aromatic N) is 2. The van der Waals surface area contributed by atoms with E-state index < -0.39 is 0 Å². The fourth-order valence-corrected chi connectivity index (χ4v) is 4.59. The monoisotopic (exact) mass is 422 g/mol. The lowest BCUT2D eigenvalue weighted by Gasteiger charge is -2.38. The molecule has 6 nitrogen and oxygen atoms in total. The van der Waals surface area contributed by atoms with Gasteiger partial charge in [0.05, 0.1) is 6.04 Å². The van der Waals surface area contributed by atoms with E-state index in [2.05, 4.69) is 10.2 Å². The summed E-state index contributed by atoms with van der Waals surface area (Å²) in [7, 11) is 0. The molecule has 2 amide bonds. The van der Waals surface area contributed by atoms with Gasteiger partial charge in [-0.05, 0) is 38.5 Å². The largest absolute Gasteiger partial charge is 0.352 e. The lowest BCUT2D eigenvalue weighted by Crippen LogP contribution is -2.56. The van der Waals surface area contributed by atoms with Crippen LogP contribution in [-0.4, -0.2) is 65.9 Å². The molecule has 1 heterocycles. The van der Waals surface area contributed by atoms with Gasteiger partial charge in [0.2, 0.25) is 11.8 Å². The van der Waals surface area contributed by atoms with Gasteiger partial charge in [0.1, 0.15) is 0 Å². The van der Waals surface area contributed by atoms with Crippen LogP contribution in [0.2, 0.25) is 0 Å². The van der Waals surface area contributed by atoms with Crippen molar-refractivity contribution < 1.29 is 9.59 Å². The number of nitrogens with one attached hydrogen (secondary N) is 1. The number of hydrogen-bond acceptors (Lipinski definition) is 4. The topological polar surface area (TPSA) is 78.7 Å². The highest BCUT2D eigenvalue weighted by Crippen LogP contribution is 2.27. The van der Waals surface area contributed by atoms with Gasteiger partial charge in [-0.1, -0.05) is 19.3 Å². The molecule has 0 radical (unpaired) electrons. The van der Waals surface area contributed by atoms with Gasteiger partial charge < -0.3 is 16.0 Å². The minimum Gasteiger partial charge on any atom is -0.352 e. The SMILES string of the molecule is CC(C(=O)NC1CCCC1)N1CCN(C(=O)C[C@@H]2CCC[C@H]2N)CC1.Cl.Cl. The van der Waals surface area contributed by atoms with E-state index in [-0.39, 0.29) is 48.7 Å². The first kappa shape index (κ1) is 24.5. The zero-order valence-electron chi connectivity index (χ0n) is 16.4. The summed E-state index contributed by atoms with van der Waals surface area (Å²) < 4.78 is 0. The molecule has 3 N–H and O–H groups in total. The lowest BCUT2D eigenvalue weighted by atomic mass is 9.99. The average Bonchev–Trinajstić information content (AvgIpc) is 3.26. The summed E-state index contributed by atoms with van der Waals surface area (Å²) >= 11 is 0. The standard InChI is InChI=1S/C19H34N4O2.2ClH/c1-14(19(25)21-16-6-2-3-7-16)22-9-11-23(12-10-22)18(24)13-15-5-4-8-17(15)20;;/h14-17H,2-13,20H2,1H3,(H,21,25);2*1H/t14?,15-,17+;;/m0../s1. The maximum Gasteiger partial charge on any atom is 0.237 e. The van der Waals surface area contributed by atoms with Crippen LogP contribution in [0.15, 0.2) is 0 Å². The predicted molar refractivity (Wildman–Crippen MR) is 112 cm³/mol. The second-order valence-corrected chi connectivity index (χ2v) is 8.14. The van der Waals surface area contributed by atoms with Gasteiger partial charge in [0, 0.05) is 44.7 Å². The average molecular weight is 423 g/mol. The molecular formula is C19H36Cl2N4O2. The Morgan fingerprint density at radius 1 is 1.00 bits per heavy atom. The summed E-state index contributed by atoms with van der Waals surface area (Å²) in [6.45, 7) is 4.99. The third-order valence-corrected chi connectivity index (χ3v) is 6.45. The van der Waals surface area contributed by atoms with Gasteiger partial charge in [0.25, 0.3) is 0 Å². The summed E-state index contributed by atoms with van der Waals surface area (Å²) in [6, 6.07) is 0.457. The molecule has 3 aliphatic rings. The Kier molecular flexibility index (Phi) is 10.4. The van der Waals surface area contributed by atoms with E-state index in [9.17, 15) is 9.59 Å². The molecule has 3 rings (SSSR count). The quantitative estimate of drug-likeness (QED) is 0.709. The van der Waals surface area contributed by atoms with Crippen LogP contribution in [0, 0.1) is 5.92 Å². The first-order valence-corrected chi connectivity index (χ1v) is 10.1. The number of hydrogen-bond donors (Lipinski definition) is 2. The number of halogens is 2. The molecule has 3 atom stereocenters. The van der Waals surface area contributed by atoms with Gasteiger partial charge in [-0.2, -0.15) is 0 Å². The molecule has 1 unspecified atom stereocenters. The smallest absolute Gasteiger partial charge is 0.237 e. The molecule has 0 aromatic rings. The zero-order chi connectivity index (χ0) is 17.8. The predicted octanol–water partition coefficient (Wildman–Crippen LogP) is 1.94. The van der Waals surface area contributed by atoms with E-state index in [1.807, 2.05) is 11.8 Å². The van der Waals surface area contributed by atoms with Gasteiger partial charge in [-0.25, -0.2) is 0 Å². The minimum absolute atomic E-state index is 0. The van der Waals surface area contributed by atoms with Crippen molar-refractivity contribution in [3.63, 3.8) is 0 Å². The number of carbonyl (C=O) groups excluding carboxylic acids is 2. The first-order valence-electron chi connectivity index (χ1n) is 10.1. The van der Waals surface area contributed by atoms with Crippen molar-refractivity contribution in [3.8, 4) is 0 Å². The highest BCUT2D eigenvalue weighted by molar-refractivity contribution is 5.85. The molecule has 0 bridgehead atoms. The Bertz CT molecular complexity index is 480. The van der Waals surface area contributed by atoms with E-state index in [1.165, 1.54) is 12.8 Å². The summed E-state index contributed by atoms with van der Waals surface area (Å²) in [5.41, 5.74) is 6.10. The van der Waals surface area contributed by atoms with E-state index >= 15 is 0 Å². The van der Waals surface area contributed by atoms with Crippen LogP contribution in [0.1, 0.15) is 58.3 Å². The van der Waals surface area contributed by atoms with Gasteiger partial charge in [-0.15, -0.1) is 24.8 Å². The number of rotatable bonds is 5. The summed E-state index contributed by atoms with van der Waals surface area (Å²) in [5, 5.41) is 3.19. The van der Waals surface area contributed by atoms with Crippen LogP contribution < -0.4 is 11.1 Å². The molecule has 8 heteroatoms. The molecule has 0 aromatic carbocycles. The van der Waals surface area contributed by atoms with E-state index in [0.717, 1.165) is 58.3 Å². The number of nitrogens with two attached hydrogens (primary N) is 1. The van der Waals surface area contributed by atoms with Gasteiger partial charge >= 0.3 is 0 Å². The van der Waals surface area contributed by atoms with E-state index in [0.29, 0.717) is 18.4 Å². The summed E-state index contributed by atoms with van der Waals surface area (Å²) in [6.07, 6.45) is 8.58. The third kappa shape index (κ3) is 6.48. The molecule has 2 saturated carbocycles. The molecule has 1 aliphatic heterocycles. The van der Waals surface area contributed by atoms with Crippen LogP contribution in [0.3, 0.4) is 0 Å². The molecule has 0 spiro atoms. The molecule has 1 saturated heterocycles. The van der Waals surface area contributed by atoms with Crippen molar-refractivity contribution >= 4 is 36.6 Å². The molecule has 27 heavy (non-hydrogen) atoms. The normalized spacial score (nSPS) is 27.6. The maximum atomic E-state index is 12.5. The molecular weight excluding hydrogens is 387 g/mol. The summed E-state index contributed by atoms with van der Waals surface area (Å²) in [5.74, 6) is 0.746. The summed E-state index contributed by atoms with van der Waals surface area (Å²) in [4.78, 5) is 29.1. The van der Waals surface area contributed by atoms with E-state index in [1.54, 1.807) is 0 Å². The Hall–Kier alpha value is -0.560. The van der Waals surface area contributed by atoms with Crippen molar-refractivity contribution in [2.75, 3.05) is 26.2 Å². The Balaban J connectivity index is 0.00000182. The maximum absolute atomic E-state index is 12.5. The van der Waals surface area contributed by atoms with Crippen molar-refractivity contribution in [1.29, 1.82) is 0 Å². The minimum atomic E-state index is -0.110. The van der Waals surface area contributed by atoms with Crippen LogP contribution in [0.4, 0.5) is 0 Å². The molecule has 2 aliphatic carbocycles. The highest BCUT2D eigenvalue weighted by Gasteiger charge is 2.31. The number of amides is 2. The Labute approximate surface area is 175 Å². The highest BCUT2D eigenvalue weighted by atomic mass is 35.5. The Morgan fingerprint density at radius 3 is 2.19 bits per heavy atom. The van der Waals surface area contributed by atoms with Crippen LogP contribution in [0.25, 0.3) is 0 Å². The van der Waals surface area contributed by atoms with E-state index in [4.69, 9.17) is 5.73 Å². The van der Waals surface area contributed by atoms with Crippen LogP contribution in [0.5, 0.6) is 0 Å². The zero-order valence-corrected chi connectivity index (χ0v) is 18.0. The first-order chi connectivity index (χ1) is 12.0. The van der Waals surface area contributed by atoms with Gasteiger partial charge in [0.15, 0.2) is 0 Å². The molecule has 0 aromatic heterocycles. The fourth-order valence-electron chi connectivity index (χ4n) is 4.59. The van der Waals surface area contributed by atoms with Crippen molar-refractivity contribution in [1.82, 2.24) is 15.1 Å². The number of piperazine rings is 1. The fraction of sp³-hybridized carbons (Fsp3) is 0.895.